The average Bonchev–Trinajstić information content (AvgIpc) is 3.19. The number of sulfonamides is 1. The van der Waals surface area contributed by atoms with Gasteiger partial charge in [-0.1, -0.05) is 32.9 Å². The standard InChI is InChI=1S/C20H30N2O4S/c1-14-6-5-11-21(14)19(24)18-12-16(23)13-22(18)27(25,26)17-9-7-15(8-10-17)20(2,3)4/h7-10,14,16,18,23H,5-6,11-13H2,1-4H3/t14-,16-,18+/m1/s1. The number of aliphatic hydroxyl groups is 1. The molecule has 2 heterocycles. The van der Waals surface area contributed by atoms with Crippen molar-refractivity contribution in [2.75, 3.05) is 13.1 Å². The van der Waals surface area contributed by atoms with Crippen LogP contribution < -0.4 is 0 Å². The van der Waals surface area contributed by atoms with E-state index in [9.17, 15) is 18.3 Å². The fourth-order valence-corrected chi connectivity index (χ4v) is 5.62. The minimum absolute atomic E-state index is 0.0397. The molecule has 1 N–H and O–H groups in total. The van der Waals surface area contributed by atoms with Gasteiger partial charge in [0.05, 0.1) is 11.0 Å². The van der Waals surface area contributed by atoms with E-state index in [1.165, 1.54) is 4.31 Å². The lowest BCUT2D eigenvalue weighted by molar-refractivity contribution is -0.135. The molecule has 2 fully saturated rings. The van der Waals surface area contributed by atoms with E-state index in [0.29, 0.717) is 6.54 Å². The predicted molar refractivity (Wildman–Crippen MR) is 104 cm³/mol. The van der Waals surface area contributed by atoms with Crippen LogP contribution in [0.3, 0.4) is 0 Å². The lowest BCUT2D eigenvalue weighted by atomic mass is 9.87. The summed E-state index contributed by atoms with van der Waals surface area (Å²) in [4.78, 5) is 14.9. The third kappa shape index (κ3) is 3.91. The summed E-state index contributed by atoms with van der Waals surface area (Å²) in [5.74, 6) is -0.188. The number of amides is 1. The number of rotatable bonds is 3. The number of nitrogens with zero attached hydrogens (tertiary/aromatic N) is 2. The van der Waals surface area contributed by atoms with Crippen LogP contribution in [0.25, 0.3) is 0 Å². The summed E-state index contributed by atoms with van der Waals surface area (Å²) in [7, 11) is -3.85. The van der Waals surface area contributed by atoms with Gasteiger partial charge in [-0.25, -0.2) is 8.42 Å². The zero-order valence-corrected chi connectivity index (χ0v) is 17.4. The molecule has 150 valence electrons. The quantitative estimate of drug-likeness (QED) is 0.852. The summed E-state index contributed by atoms with van der Waals surface area (Å²) < 4.78 is 27.6. The van der Waals surface area contributed by atoms with Crippen molar-refractivity contribution in [3.05, 3.63) is 29.8 Å². The Balaban J connectivity index is 1.88. The zero-order chi connectivity index (χ0) is 20.0. The van der Waals surface area contributed by atoms with Crippen LogP contribution in [0.4, 0.5) is 0 Å². The molecule has 0 unspecified atom stereocenters. The Hall–Kier alpha value is -1.44. The summed E-state index contributed by atoms with van der Waals surface area (Å²) in [6.07, 6.45) is 1.20. The third-order valence-electron chi connectivity index (χ3n) is 5.68. The molecule has 7 heteroatoms. The van der Waals surface area contributed by atoms with Crippen molar-refractivity contribution < 1.29 is 18.3 Å². The van der Waals surface area contributed by atoms with Crippen LogP contribution in [-0.2, 0) is 20.2 Å². The van der Waals surface area contributed by atoms with Crippen LogP contribution in [0.15, 0.2) is 29.2 Å². The molecule has 0 spiro atoms. The Bertz CT molecular complexity index is 798. The second-order valence-corrected chi connectivity index (χ2v) is 10.7. The zero-order valence-electron chi connectivity index (χ0n) is 16.6. The van der Waals surface area contributed by atoms with Crippen LogP contribution in [0, 0.1) is 0 Å². The van der Waals surface area contributed by atoms with Crippen molar-refractivity contribution in [3.8, 4) is 0 Å². The van der Waals surface area contributed by atoms with Crippen molar-refractivity contribution >= 4 is 15.9 Å². The first-order valence-corrected chi connectivity index (χ1v) is 11.1. The molecule has 1 amide bonds. The van der Waals surface area contributed by atoms with Crippen LogP contribution in [0.1, 0.15) is 52.5 Å². The van der Waals surface area contributed by atoms with Crippen molar-refractivity contribution in [2.45, 2.75) is 75.5 Å². The largest absolute Gasteiger partial charge is 0.392 e. The van der Waals surface area contributed by atoms with E-state index in [1.807, 2.05) is 19.1 Å². The van der Waals surface area contributed by atoms with Gasteiger partial charge in [0.1, 0.15) is 6.04 Å². The molecule has 2 aliphatic rings. The SMILES string of the molecule is C[C@@H]1CCCN1C(=O)[C@@H]1C[C@@H](O)CN1S(=O)(=O)c1ccc(C(C)(C)C)cc1. The molecule has 0 aliphatic carbocycles. The summed E-state index contributed by atoms with van der Waals surface area (Å²) in [6, 6.07) is 6.12. The molecule has 6 nitrogen and oxygen atoms in total. The maximum absolute atomic E-state index is 13.2. The van der Waals surface area contributed by atoms with Crippen LogP contribution in [0.2, 0.25) is 0 Å². The molecule has 2 saturated heterocycles. The highest BCUT2D eigenvalue weighted by Gasteiger charge is 2.46. The molecule has 0 saturated carbocycles. The Morgan fingerprint density at radius 3 is 2.33 bits per heavy atom. The highest BCUT2D eigenvalue weighted by Crippen LogP contribution is 2.31. The van der Waals surface area contributed by atoms with Gasteiger partial charge >= 0.3 is 0 Å². The lowest BCUT2D eigenvalue weighted by Crippen LogP contribution is -2.48. The average molecular weight is 395 g/mol. The Kier molecular flexibility index (Phi) is 5.40. The second-order valence-electron chi connectivity index (χ2n) is 8.78. The van der Waals surface area contributed by atoms with Gasteiger partial charge in [0.2, 0.25) is 15.9 Å². The maximum atomic E-state index is 13.2. The van der Waals surface area contributed by atoms with E-state index in [1.54, 1.807) is 17.0 Å². The van der Waals surface area contributed by atoms with Gasteiger partial charge in [0.25, 0.3) is 0 Å². The smallest absolute Gasteiger partial charge is 0.243 e. The van der Waals surface area contributed by atoms with Crippen LogP contribution >= 0.6 is 0 Å². The number of carbonyl (C=O) groups is 1. The first kappa shape index (κ1) is 20.3. The normalized spacial score (nSPS) is 27.3. The van der Waals surface area contributed by atoms with Crippen molar-refractivity contribution in [1.82, 2.24) is 9.21 Å². The first-order valence-electron chi connectivity index (χ1n) is 9.63. The van der Waals surface area contributed by atoms with Gasteiger partial charge in [-0.05, 0) is 42.9 Å². The molecule has 0 bridgehead atoms. The van der Waals surface area contributed by atoms with Crippen molar-refractivity contribution in [3.63, 3.8) is 0 Å². The van der Waals surface area contributed by atoms with Gasteiger partial charge in [-0.3, -0.25) is 4.79 Å². The van der Waals surface area contributed by atoms with E-state index < -0.39 is 22.2 Å². The number of likely N-dealkylation sites (tertiary alicyclic amines) is 1. The van der Waals surface area contributed by atoms with Crippen molar-refractivity contribution in [1.29, 1.82) is 0 Å². The third-order valence-corrected chi connectivity index (χ3v) is 7.57. The summed E-state index contributed by atoms with van der Waals surface area (Å²) in [5, 5.41) is 10.1. The Labute approximate surface area is 162 Å². The summed E-state index contributed by atoms with van der Waals surface area (Å²) >= 11 is 0. The molecule has 0 aromatic heterocycles. The molecule has 3 atom stereocenters. The second kappa shape index (κ2) is 7.18. The van der Waals surface area contributed by atoms with Gasteiger partial charge in [-0.2, -0.15) is 4.31 Å². The Morgan fingerprint density at radius 1 is 1.19 bits per heavy atom. The minimum Gasteiger partial charge on any atom is -0.392 e. The molecular weight excluding hydrogens is 364 g/mol. The van der Waals surface area contributed by atoms with Crippen LogP contribution in [-0.4, -0.2) is 59.9 Å². The molecule has 27 heavy (non-hydrogen) atoms. The number of β-amino-alcohol motifs (C(OH)–C–C–N with tert-alkyl or cyclic N) is 1. The number of carbonyl (C=O) groups excluding carboxylic acids is 1. The fraction of sp³-hybridized carbons (Fsp3) is 0.650. The molecule has 1 aromatic carbocycles. The number of hydrogen-bond acceptors (Lipinski definition) is 4. The monoisotopic (exact) mass is 394 g/mol. The summed E-state index contributed by atoms with van der Waals surface area (Å²) in [5.41, 5.74) is 0.970. The number of aliphatic hydroxyl groups excluding tert-OH is 1. The Morgan fingerprint density at radius 2 is 1.81 bits per heavy atom. The fourth-order valence-electron chi connectivity index (χ4n) is 3.99. The van der Waals surface area contributed by atoms with Gasteiger partial charge in [-0.15, -0.1) is 0 Å². The molecule has 0 radical (unpaired) electrons. The maximum Gasteiger partial charge on any atom is 0.243 e. The van der Waals surface area contributed by atoms with Crippen LogP contribution in [0.5, 0.6) is 0 Å². The molecule has 2 aliphatic heterocycles. The van der Waals surface area contributed by atoms with Gasteiger partial charge < -0.3 is 10.0 Å². The van der Waals surface area contributed by atoms with Gasteiger partial charge in [0, 0.05) is 25.6 Å². The van der Waals surface area contributed by atoms with Crippen molar-refractivity contribution in [2.24, 2.45) is 0 Å². The minimum atomic E-state index is -3.85. The topological polar surface area (TPSA) is 77.9 Å². The first-order chi connectivity index (χ1) is 12.5. The lowest BCUT2D eigenvalue weighted by Gasteiger charge is -2.29. The molecule has 3 rings (SSSR count). The van der Waals surface area contributed by atoms with E-state index in [-0.39, 0.29) is 35.2 Å². The summed E-state index contributed by atoms with van der Waals surface area (Å²) in [6.45, 7) is 8.81. The van der Waals surface area contributed by atoms with Gasteiger partial charge in [0.15, 0.2) is 0 Å². The number of benzene rings is 1. The predicted octanol–water partition coefficient (Wildman–Crippen LogP) is 2.12. The van der Waals surface area contributed by atoms with E-state index in [4.69, 9.17) is 0 Å². The van der Waals surface area contributed by atoms with E-state index in [2.05, 4.69) is 20.8 Å². The van der Waals surface area contributed by atoms with E-state index in [0.717, 1.165) is 18.4 Å². The molecular formula is C20H30N2O4S. The molecule has 1 aromatic rings. The highest BCUT2D eigenvalue weighted by atomic mass is 32.2. The highest BCUT2D eigenvalue weighted by molar-refractivity contribution is 7.89. The number of hydrogen-bond donors (Lipinski definition) is 1. The van der Waals surface area contributed by atoms with E-state index >= 15 is 0 Å².